The second kappa shape index (κ2) is 6.01. The van der Waals surface area contributed by atoms with Gasteiger partial charge < -0.3 is 10.4 Å². The number of nitrogens with zero attached hydrogens (tertiary/aromatic N) is 2. The van der Waals surface area contributed by atoms with Crippen LogP contribution in [0.1, 0.15) is 28.7 Å². The second-order valence-electron chi connectivity index (χ2n) is 5.48. The van der Waals surface area contributed by atoms with Crippen LogP contribution >= 0.6 is 0 Å². The number of amides is 1. The predicted molar refractivity (Wildman–Crippen MR) is 81.7 cm³/mol. The first-order chi connectivity index (χ1) is 10.3. The summed E-state index contributed by atoms with van der Waals surface area (Å²) in [6.07, 6.45) is 0. The maximum atomic E-state index is 12.2. The number of carboxylic acid groups (broad SMARTS) is 1. The van der Waals surface area contributed by atoms with E-state index in [0.29, 0.717) is 11.3 Å². The molecule has 2 N–H and O–H groups in total. The van der Waals surface area contributed by atoms with Crippen molar-refractivity contribution in [2.24, 2.45) is 7.05 Å². The van der Waals surface area contributed by atoms with Crippen molar-refractivity contribution in [3.8, 4) is 0 Å². The van der Waals surface area contributed by atoms with Gasteiger partial charge in [-0.15, -0.1) is 0 Å². The fourth-order valence-corrected chi connectivity index (χ4v) is 2.28. The van der Waals surface area contributed by atoms with Crippen LogP contribution in [0.2, 0.25) is 0 Å². The lowest BCUT2D eigenvalue weighted by Crippen LogP contribution is -2.44. The maximum absolute atomic E-state index is 12.2. The van der Waals surface area contributed by atoms with Gasteiger partial charge in [0.2, 0.25) is 0 Å². The van der Waals surface area contributed by atoms with Crippen molar-refractivity contribution in [2.45, 2.75) is 19.3 Å². The summed E-state index contributed by atoms with van der Waals surface area (Å²) in [4.78, 5) is 23.9. The molecule has 0 saturated carbocycles. The summed E-state index contributed by atoms with van der Waals surface area (Å²) in [5.74, 6) is -1.33. The van der Waals surface area contributed by atoms with Gasteiger partial charge in [0.1, 0.15) is 11.1 Å². The van der Waals surface area contributed by atoms with Crippen molar-refractivity contribution in [3.63, 3.8) is 0 Å². The van der Waals surface area contributed by atoms with E-state index >= 15 is 0 Å². The molecule has 1 aromatic carbocycles. The Balaban J connectivity index is 2.18. The number of carboxylic acids is 1. The molecule has 1 amide bonds. The molecule has 0 spiro atoms. The Labute approximate surface area is 128 Å². The minimum absolute atomic E-state index is 0.00456. The Morgan fingerprint density at radius 1 is 1.32 bits per heavy atom. The molecule has 0 radical (unpaired) electrons. The van der Waals surface area contributed by atoms with Crippen LogP contribution < -0.4 is 5.32 Å². The number of benzene rings is 1. The van der Waals surface area contributed by atoms with Crippen LogP contribution in [0.25, 0.3) is 0 Å². The summed E-state index contributed by atoms with van der Waals surface area (Å²) in [6, 6.07) is 10.5. The Morgan fingerprint density at radius 2 is 1.95 bits per heavy atom. The molecule has 0 saturated heterocycles. The van der Waals surface area contributed by atoms with E-state index in [1.807, 2.05) is 6.07 Å². The van der Waals surface area contributed by atoms with Gasteiger partial charge in [-0.05, 0) is 25.5 Å². The number of aliphatic carboxylic acids is 1. The summed E-state index contributed by atoms with van der Waals surface area (Å²) < 4.78 is 1.48. The third-order valence-electron chi connectivity index (χ3n) is 3.72. The number of carbonyl (C=O) groups excluding carboxylic acids is 1. The molecule has 0 aliphatic heterocycles. The molecule has 6 nitrogen and oxygen atoms in total. The monoisotopic (exact) mass is 301 g/mol. The van der Waals surface area contributed by atoms with E-state index in [1.54, 1.807) is 51.2 Å². The van der Waals surface area contributed by atoms with Crippen molar-refractivity contribution < 1.29 is 14.7 Å². The number of rotatable bonds is 5. The first kappa shape index (κ1) is 15.8. The van der Waals surface area contributed by atoms with Crippen LogP contribution in [0.5, 0.6) is 0 Å². The normalized spacial score (nSPS) is 13.4. The number of nitrogens with one attached hydrogen (secondary N) is 1. The van der Waals surface area contributed by atoms with Crippen LogP contribution in [-0.2, 0) is 17.3 Å². The second-order valence-corrected chi connectivity index (χ2v) is 5.48. The zero-order valence-corrected chi connectivity index (χ0v) is 12.8. The first-order valence-corrected chi connectivity index (χ1v) is 6.92. The van der Waals surface area contributed by atoms with E-state index in [4.69, 9.17) is 0 Å². The number of carbonyl (C=O) groups is 2. The van der Waals surface area contributed by atoms with E-state index in [2.05, 4.69) is 10.4 Å². The SMILES string of the molecule is Cc1cc(C(=O)NCC(C)(C(=O)O)c2ccccc2)n(C)n1. The van der Waals surface area contributed by atoms with E-state index in [9.17, 15) is 14.7 Å². The fourth-order valence-electron chi connectivity index (χ4n) is 2.28. The third kappa shape index (κ3) is 3.00. The van der Waals surface area contributed by atoms with Crippen molar-refractivity contribution in [1.29, 1.82) is 0 Å². The molecule has 2 rings (SSSR count). The molecule has 0 bridgehead atoms. The largest absolute Gasteiger partial charge is 0.481 e. The number of hydrogen-bond donors (Lipinski definition) is 2. The van der Waals surface area contributed by atoms with E-state index in [1.165, 1.54) is 4.68 Å². The molecule has 1 heterocycles. The lowest BCUT2D eigenvalue weighted by atomic mass is 9.82. The molecule has 0 fully saturated rings. The Morgan fingerprint density at radius 3 is 2.45 bits per heavy atom. The van der Waals surface area contributed by atoms with Gasteiger partial charge in [0.15, 0.2) is 0 Å². The highest BCUT2D eigenvalue weighted by Gasteiger charge is 2.35. The molecule has 1 unspecified atom stereocenters. The van der Waals surface area contributed by atoms with Crippen LogP contribution in [0.15, 0.2) is 36.4 Å². The average Bonchev–Trinajstić information content (AvgIpc) is 2.84. The minimum Gasteiger partial charge on any atom is -0.481 e. The Bertz CT molecular complexity index is 694. The van der Waals surface area contributed by atoms with E-state index in [0.717, 1.165) is 5.69 Å². The van der Waals surface area contributed by atoms with Gasteiger partial charge in [0.05, 0.1) is 5.69 Å². The van der Waals surface area contributed by atoms with Gasteiger partial charge in [0.25, 0.3) is 5.91 Å². The highest BCUT2D eigenvalue weighted by atomic mass is 16.4. The summed E-state index contributed by atoms with van der Waals surface area (Å²) in [5, 5.41) is 16.4. The minimum atomic E-state index is -1.19. The van der Waals surface area contributed by atoms with Crippen molar-refractivity contribution in [1.82, 2.24) is 15.1 Å². The molecular formula is C16H19N3O3. The Hall–Kier alpha value is -2.63. The van der Waals surface area contributed by atoms with Crippen molar-refractivity contribution >= 4 is 11.9 Å². The standard InChI is InChI=1S/C16H19N3O3/c1-11-9-13(19(3)18-11)14(20)17-10-16(2,15(21)22)12-7-5-4-6-8-12/h4-9H,10H2,1-3H3,(H,17,20)(H,21,22). The van der Waals surface area contributed by atoms with Crippen LogP contribution in [-0.4, -0.2) is 33.3 Å². The van der Waals surface area contributed by atoms with Gasteiger partial charge in [-0.2, -0.15) is 5.10 Å². The van der Waals surface area contributed by atoms with Crippen LogP contribution in [0, 0.1) is 6.92 Å². The third-order valence-corrected chi connectivity index (χ3v) is 3.72. The molecule has 0 aliphatic carbocycles. The molecule has 1 aromatic heterocycles. The molecule has 6 heteroatoms. The van der Waals surface area contributed by atoms with Gasteiger partial charge in [-0.25, -0.2) is 0 Å². The van der Waals surface area contributed by atoms with Gasteiger partial charge in [0, 0.05) is 13.6 Å². The quantitative estimate of drug-likeness (QED) is 0.876. The molecule has 22 heavy (non-hydrogen) atoms. The number of hydrogen-bond acceptors (Lipinski definition) is 3. The lowest BCUT2D eigenvalue weighted by Gasteiger charge is -2.25. The lowest BCUT2D eigenvalue weighted by molar-refractivity contribution is -0.142. The number of aromatic nitrogens is 2. The zero-order valence-electron chi connectivity index (χ0n) is 12.8. The smallest absolute Gasteiger partial charge is 0.315 e. The molecule has 0 aliphatic rings. The van der Waals surface area contributed by atoms with E-state index in [-0.39, 0.29) is 12.5 Å². The van der Waals surface area contributed by atoms with Crippen LogP contribution in [0.3, 0.4) is 0 Å². The van der Waals surface area contributed by atoms with Gasteiger partial charge in [-0.1, -0.05) is 30.3 Å². The molecular weight excluding hydrogens is 282 g/mol. The molecule has 1 atom stereocenters. The summed E-state index contributed by atoms with van der Waals surface area (Å²) >= 11 is 0. The van der Waals surface area contributed by atoms with Crippen molar-refractivity contribution in [3.05, 3.63) is 53.3 Å². The zero-order chi connectivity index (χ0) is 16.3. The number of aryl methyl sites for hydroxylation is 2. The predicted octanol–water partition coefficient (Wildman–Crippen LogP) is 1.50. The van der Waals surface area contributed by atoms with Crippen LogP contribution in [0.4, 0.5) is 0 Å². The summed E-state index contributed by atoms with van der Waals surface area (Å²) in [6.45, 7) is 3.39. The molecule has 116 valence electrons. The average molecular weight is 301 g/mol. The van der Waals surface area contributed by atoms with E-state index < -0.39 is 11.4 Å². The maximum Gasteiger partial charge on any atom is 0.315 e. The van der Waals surface area contributed by atoms with Gasteiger partial charge in [-0.3, -0.25) is 14.3 Å². The summed E-state index contributed by atoms with van der Waals surface area (Å²) in [5.41, 5.74) is 0.587. The Kier molecular flexibility index (Phi) is 4.30. The summed E-state index contributed by atoms with van der Waals surface area (Å²) in [7, 11) is 1.68. The van der Waals surface area contributed by atoms with Crippen molar-refractivity contribution in [2.75, 3.05) is 6.54 Å². The molecule has 2 aromatic rings. The van der Waals surface area contributed by atoms with Gasteiger partial charge >= 0.3 is 5.97 Å². The highest BCUT2D eigenvalue weighted by molar-refractivity contribution is 5.93. The first-order valence-electron chi connectivity index (χ1n) is 6.92. The fraction of sp³-hybridized carbons (Fsp3) is 0.312. The highest BCUT2D eigenvalue weighted by Crippen LogP contribution is 2.23. The topological polar surface area (TPSA) is 84.2 Å².